The van der Waals surface area contributed by atoms with Crippen LogP contribution in [0.5, 0.6) is 28.7 Å². The Balaban J connectivity index is 1.64. The van der Waals surface area contributed by atoms with Crippen LogP contribution >= 0.6 is 0 Å². The van der Waals surface area contributed by atoms with Crippen LogP contribution in [-0.4, -0.2) is 26.3 Å². The zero-order valence-electron chi connectivity index (χ0n) is 22.5. The second kappa shape index (κ2) is 12.3. The van der Waals surface area contributed by atoms with Gasteiger partial charge in [-0.25, -0.2) is 4.79 Å². The molecule has 3 aromatic rings. The van der Waals surface area contributed by atoms with Crippen LogP contribution in [0.2, 0.25) is 0 Å². The fraction of sp³-hybridized carbons (Fsp3) is 0.290. The minimum Gasteiger partial charge on any atom is -0.493 e. The molecule has 1 aliphatic rings. The molecule has 1 unspecified atom stereocenters. The maximum absolute atomic E-state index is 12.9. The average molecular weight is 529 g/mol. The lowest BCUT2D eigenvalue weighted by Gasteiger charge is -2.27. The van der Waals surface area contributed by atoms with E-state index in [-0.39, 0.29) is 17.2 Å². The molecule has 0 bridgehead atoms. The normalized spacial score (nSPS) is 14.2. The van der Waals surface area contributed by atoms with Crippen LogP contribution in [0.3, 0.4) is 0 Å². The molecule has 2 N–H and O–H groups in total. The van der Waals surface area contributed by atoms with Gasteiger partial charge in [0.2, 0.25) is 5.88 Å². The molecule has 3 aromatic carbocycles. The number of ether oxygens (including phenoxy) is 5. The highest BCUT2D eigenvalue weighted by molar-refractivity contribution is 5.94. The molecule has 0 spiro atoms. The first-order chi connectivity index (χ1) is 18.9. The highest BCUT2D eigenvalue weighted by Crippen LogP contribution is 2.45. The Morgan fingerprint density at radius 1 is 1.05 bits per heavy atom. The van der Waals surface area contributed by atoms with Gasteiger partial charge in [0.15, 0.2) is 11.5 Å². The quantitative estimate of drug-likeness (QED) is 0.253. The van der Waals surface area contributed by atoms with E-state index in [1.807, 2.05) is 25.1 Å². The van der Waals surface area contributed by atoms with E-state index in [1.54, 1.807) is 49.6 Å². The van der Waals surface area contributed by atoms with E-state index in [4.69, 9.17) is 29.4 Å². The number of esters is 1. The van der Waals surface area contributed by atoms with E-state index in [1.165, 1.54) is 0 Å². The number of methoxy groups -OCH3 is 1. The summed E-state index contributed by atoms with van der Waals surface area (Å²) in [6, 6.07) is 19.6. The number of nitrogens with zero attached hydrogens (tertiary/aromatic N) is 1. The summed E-state index contributed by atoms with van der Waals surface area (Å²) in [6.45, 7) is 7.11. The number of nitriles is 1. The maximum Gasteiger partial charge on any atom is 0.347 e. The summed E-state index contributed by atoms with van der Waals surface area (Å²) in [6.07, 6.45) is 0.917. The first kappa shape index (κ1) is 27.4. The summed E-state index contributed by atoms with van der Waals surface area (Å²) in [5.74, 6) is 1.69. The van der Waals surface area contributed by atoms with Crippen LogP contribution in [0, 0.1) is 17.2 Å². The lowest BCUT2D eigenvalue weighted by molar-refractivity contribution is 0.0730. The lowest BCUT2D eigenvalue weighted by atomic mass is 9.83. The molecule has 39 heavy (non-hydrogen) atoms. The van der Waals surface area contributed by atoms with Crippen LogP contribution in [0.1, 0.15) is 54.6 Å². The number of nitrogens with two attached hydrogens (primary N) is 1. The van der Waals surface area contributed by atoms with Gasteiger partial charge in [0.25, 0.3) is 0 Å². The molecule has 1 aliphatic heterocycles. The topological polar surface area (TPSA) is 113 Å². The first-order valence-corrected chi connectivity index (χ1v) is 12.8. The highest BCUT2D eigenvalue weighted by atomic mass is 16.5. The molecule has 1 heterocycles. The predicted molar refractivity (Wildman–Crippen MR) is 146 cm³/mol. The number of rotatable bonds is 10. The second-order valence-corrected chi connectivity index (χ2v) is 9.38. The zero-order valence-corrected chi connectivity index (χ0v) is 22.5. The Labute approximate surface area is 228 Å². The molecule has 0 fully saturated rings. The van der Waals surface area contributed by atoms with Crippen LogP contribution in [0.4, 0.5) is 0 Å². The zero-order chi connectivity index (χ0) is 27.9. The van der Waals surface area contributed by atoms with E-state index in [0.717, 1.165) is 12.0 Å². The molecule has 0 aromatic heterocycles. The van der Waals surface area contributed by atoms with E-state index < -0.39 is 11.9 Å². The van der Waals surface area contributed by atoms with Gasteiger partial charge in [0.1, 0.15) is 34.5 Å². The number of hydrogen-bond acceptors (Lipinski definition) is 8. The summed E-state index contributed by atoms with van der Waals surface area (Å²) in [5, 5.41) is 9.93. The Morgan fingerprint density at radius 2 is 1.85 bits per heavy atom. The van der Waals surface area contributed by atoms with Crippen LogP contribution in [-0.2, 0) is 0 Å². The molecular formula is C31H32N2O6. The molecule has 0 saturated heterocycles. The van der Waals surface area contributed by atoms with E-state index in [9.17, 15) is 10.1 Å². The van der Waals surface area contributed by atoms with E-state index in [2.05, 4.69) is 19.9 Å². The Morgan fingerprint density at radius 3 is 2.56 bits per heavy atom. The SMILES string of the molecule is CCOc1ccccc1C(=O)Oc1ccc2c(c1)OC(N)=C(C#N)C2c1ccc(OCCC(C)C)c(OC)c1. The fourth-order valence-corrected chi connectivity index (χ4v) is 4.31. The summed E-state index contributed by atoms with van der Waals surface area (Å²) in [5.41, 5.74) is 8.24. The number of allylic oxidation sites excluding steroid dienone is 1. The van der Waals surface area contributed by atoms with Crippen molar-refractivity contribution in [3.8, 4) is 34.8 Å². The Kier molecular flexibility index (Phi) is 8.62. The standard InChI is InChI=1S/C31H32N2O6/c1-5-36-25-9-7-6-8-23(25)31(34)38-21-11-12-22-27(17-21)39-30(33)24(18-32)29(22)20-10-13-26(28(16-20)35-4)37-15-14-19(2)3/h6-13,16-17,19,29H,5,14-15,33H2,1-4H3. The summed E-state index contributed by atoms with van der Waals surface area (Å²) >= 11 is 0. The van der Waals surface area contributed by atoms with Gasteiger partial charge in [-0.2, -0.15) is 5.26 Å². The highest BCUT2D eigenvalue weighted by Gasteiger charge is 2.32. The van der Waals surface area contributed by atoms with Crippen LogP contribution < -0.4 is 29.4 Å². The number of carbonyl (C=O) groups excluding carboxylic acids is 1. The van der Waals surface area contributed by atoms with E-state index in [0.29, 0.717) is 53.3 Å². The Bertz CT molecular complexity index is 1420. The fourth-order valence-electron chi connectivity index (χ4n) is 4.31. The van der Waals surface area contributed by atoms with Crippen LogP contribution in [0.15, 0.2) is 72.1 Å². The molecule has 8 nitrogen and oxygen atoms in total. The maximum atomic E-state index is 12.9. The van der Waals surface area contributed by atoms with Crippen molar-refractivity contribution in [2.45, 2.75) is 33.1 Å². The van der Waals surface area contributed by atoms with Crippen molar-refractivity contribution in [2.24, 2.45) is 11.7 Å². The molecule has 0 radical (unpaired) electrons. The first-order valence-electron chi connectivity index (χ1n) is 12.8. The monoisotopic (exact) mass is 528 g/mol. The van der Waals surface area contributed by atoms with Crippen molar-refractivity contribution in [3.63, 3.8) is 0 Å². The van der Waals surface area contributed by atoms with Gasteiger partial charge in [-0.05, 0) is 55.2 Å². The van der Waals surface area contributed by atoms with Crippen molar-refractivity contribution in [1.29, 1.82) is 5.26 Å². The summed E-state index contributed by atoms with van der Waals surface area (Å²) in [4.78, 5) is 12.9. The minimum atomic E-state index is -0.564. The second-order valence-electron chi connectivity index (χ2n) is 9.38. The number of benzene rings is 3. The number of carbonyl (C=O) groups is 1. The summed E-state index contributed by atoms with van der Waals surface area (Å²) in [7, 11) is 1.58. The Hall–Kier alpha value is -4.64. The van der Waals surface area contributed by atoms with Gasteiger partial charge in [0.05, 0.1) is 26.2 Å². The van der Waals surface area contributed by atoms with Gasteiger partial charge in [-0.15, -0.1) is 0 Å². The largest absolute Gasteiger partial charge is 0.493 e. The van der Waals surface area contributed by atoms with Crippen LogP contribution in [0.25, 0.3) is 0 Å². The molecule has 0 aliphatic carbocycles. The van der Waals surface area contributed by atoms with Crippen molar-refractivity contribution < 1.29 is 28.5 Å². The van der Waals surface area contributed by atoms with Crippen molar-refractivity contribution in [2.75, 3.05) is 20.3 Å². The van der Waals surface area contributed by atoms with Gasteiger partial charge >= 0.3 is 5.97 Å². The molecule has 4 rings (SSSR count). The average Bonchev–Trinajstić information content (AvgIpc) is 2.92. The molecule has 8 heteroatoms. The van der Waals surface area contributed by atoms with Crippen molar-refractivity contribution >= 4 is 5.97 Å². The number of hydrogen-bond donors (Lipinski definition) is 1. The molecule has 202 valence electrons. The van der Waals surface area contributed by atoms with Gasteiger partial charge in [0, 0.05) is 11.6 Å². The summed E-state index contributed by atoms with van der Waals surface area (Å²) < 4.78 is 28.5. The van der Waals surface area contributed by atoms with Crippen molar-refractivity contribution in [1.82, 2.24) is 0 Å². The number of para-hydroxylation sites is 1. The third-order valence-corrected chi connectivity index (χ3v) is 6.28. The molecule has 1 atom stereocenters. The van der Waals surface area contributed by atoms with Gasteiger partial charge in [-0.3, -0.25) is 0 Å². The molecule has 0 amide bonds. The smallest absolute Gasteiger partial charge is 0.347 e. The predicted octanol–water partition coefficient (Wildman–Crippen LogP) is 5.96. The van der Waals surface area contributed by atoms with Gasteiger partial charge < -0.3 is 29.4 Å². The lowest BCUT2D eigenvalue weighted by Crippen LogP contribution is -2.21. The van der Waals surface area contributed by atoms with E-state index >= 15 is 0 Å². The number of fused-ring (bicyclic) bond motifs is 1. The van der Waals surface area contributed by atoms with Gasteiger partial charge in [-0.1, -0.05) is 38.1 Å². The third-order valence-electron chi connectivity index (χ3n) is 6.28. The molecule has 0 saturated carbocycles. The molecular weight excluding hydrogens is 496 g/mol. The third kappa shape index (κ3) is 6.10. The minimum absolute atomic E-state index is 0.0172. The van der Waals surface area contributed by atoms with Crippen molar-refractivity contribution in [3.05, 3.63) is 88.8 Å².